The van der Waals surface area contributed by atoms with E-state index in [2.05, 4.69) is 20.5 Å². The van der Waals surface area contributed by atoms with Gasteiger partial charge in [0.15, 0.2) is 5.69 Å². The fourth-order valence-corrected chi connectivity index (χ4v) is 3.18. The van der Waals surface area contributed by atoms with Crippen LogP contribution in [-0.2, 0) is 19.1 Å². The first-order valence-corrected chi connectivity index (χ1v) is 9.17. The Kier molecular flexibility index (Phi) is 5.21. The number of urea groups is 1. The van der Waals surface area contributed by atoms with Crippen LogP contribution in [0.4, 0.5) is 23.7 Å². The summed E-state index contributed by atoms with van der Waals surface area (Å²) in [6, 6.07) is 11.0. The monoisotopic (exact) mass is 428 g/mol. The lowest BCUT2D eigenvalue weighted by Crippen LogP contribution is -2.39. The van der Waals surface area contributed by atoms with E-state index in [9.17, 15) is 18.0 Å². The van der Waals surface area contributed by atoms with Gasteiger partial charge in [-0.15, -0.1) is 0 Å². The third-order valence-electron chi connectivity index (χ3n) is 4.68. The van der Waals surface area contributed by atoms with Gasteiger partial charge >= 0.3 is 12.2 Å². The number of amides is 2. The van der Waals surface area contributed by atoms with E-state index < -0.39 is 17.9 Å². The lowest BCUT2D eigenvalue weighted by Gasteiger charge is -2.27. The molecule has 0 saturated heterocycles. The second-order valence-electron chi connectivity index (χ2n) is 6.74. The Labute approximate surface area is 174 Å². The van der Waals surface area contributed by atoms with Crippen LogP contribution in [0.25, 0.3) is 0 Å². The zero-order valence-corrected chi connectivity index (χ0v) is 15.9. The van der Waals surface area contributed by atoms with Crippen LogP contribution < -0.4 is 10.1 Å². The molecule has 11 heteroatoms. The van der Waals surface area contributed by atoms with E-state index in [0.717, 1.165) is 0 Å². The number of anilines is 1. The van der Waals surface area contributed by atoms with E-state index in [1.165, 1.54) is 17.2 Å². The van der Waals surface area contributed by atoms with Crippen molar-refractivity contribution >= 4 is 11.7 Å². The number of pyridine rings is 1. The standard InChI is InChI=1S/C20H15F3N6O2/c21-20(22,23)18-16-11-29(8-6-17(16)27-28-18)19(30)26-12-1-3-14(4-2-12)31-15-5-7-25-13(9-15)10-24/h1-5,7,9H,6,8,11H2,(H,26,30)(H,27,28). The molecule has 0 fully saturated rings. The van der Waals surface area contributed by atoms with Crippen molar-refractivity contribution < 1.29 is 22.7 Å². The van der Waals surface area contributed by atoms with Crippen LogP contribution in [-0.4, -0.2) is 32.7 Å². The number of H-pyrrole nitrogens is 1. The van der Waals surface area contributed by atoms with E-state index >= 15 is 0 Å². The Morgan fingerprint density at radius 1 is 1.23 bits per heavy atom. The van der Waals surface area contributed by atoms with Crippen molar-refractivity contribution in [2.75, 3.05) is 11.9 Å². The first-order chi connectivity index (χ1) is 14.8. The molecule has 3 heterocycles. The number of hydrogen-bond acceptors (Lipinski definition) is 5. The summed E-state index contributed by atoms with van der Waals surface area (Å²) in [6.45, 7) is 0.0831. The quantitative estimate of drug-likeness (QED) is 0.654. The Hall–Kier alpha value is -4.07. The number of fused-ring (bicyclic) bond motifs is 1. The minimum atomic E-state index is -4.58. The van der Waals surface area contributed by atoms with Gasteiger partial charge in [-0.1, -0.05) is 0 Å². The van der Waals surface area contributed by atoms with Crippen molar-refractivity contribution in [3.8, 4) is 17.6 Å². The highest BCUT2D eigenvalue weighted by molar-refractivity contribution is 5.89. The minimum Gasteiger partial charge on any atom is -0.457 e. The molecule has 0 bridgehead atoms. The molecule has 0 aliphatic carbocycles. The van der Waals surface area contributed by atoms with Gasteiger partial charge in [0.2, 0.25) is 0 Å². The Bertz CT molecular complexity index is 1150. The number of nitriles is 1. The molecule has 1 aromatic carbocycles. The lowest BCUT2D eigenvalue weighted by molar-refractivity contribution is -0.142. The molecule has 158 valence electrons. The average molecular weight is 428 g/mol. The second kappa shape index (κ2) is 7.98. The van der Waals surface area contributed by atoms with Crippen molar-refractivity contribution in [1.82, 2.24) is 20.1 Å². The van der Waals surface area contributed by atoms with E-state index in [1.54, 1.807) is 30.3 Å². The maximum absolute atomic E-state index is 13.1. The van der Waals surface area contributed by atoms with Gasteiger partial charge in [-0.3, -0.25) is 5.10 Å². The molecule has 8 nitrogen and oxygen atoms in total. The maximum atomic E-state index is 13.1. The van der Waals surface area contributed by atoms with Crippen LogP contribution in [0.15, 0.2) is 42.6 Å². The van der Waals surface area contributed by atoms with Gasteiger partial charge in [-0.25, -0.2) is 9.78 Å². The van der Waals surface area contributed by atoms with E-state index in [0.29, 0.717) is 22.9 Å². The normalized spacial score (nSPS) is 13.3. The first-order valence-electron chi connectivity index (χ1n) is 9.17. The topological polar surface area (TPSA) is 107 Å². The van der Waals surface area contributed by atoms with Crippen LogP contribution in [0.1, 0.15) is 22.6 Å². The Morgan fingerprint density at radius 3 is 2.71 bits per heavy atom. The van der Waals surface area contributed by atoms with Crippen molar-refractivity contribution in [2.45, 2.75) is 19.1 Å². The van der Waals surface area contributed by atoms with Crippen molar-refractivity contribution in [3.05, 3.63) is 65.2 Å². The summed E-state index contributed by atoms with van der Waals surface area (Å²) < 4.78 is 44.9. The van der Waals surface area contributed by atoms with Crippen LogP contribution in [0.3, 0.4) is 0 Å². The van der Waals surface area contributed by atoms with E-state index in [1.807, 2.05) is 6.07 Å². The molecule has 0 spiro atoms. The van der Waals surface area contributed by atoms with Gasteiger partial charge in [0.05, 0.1) is 6.54 Å². The lowest BCUT2D eigenvalue weighted by atomic mass is 10.1. The molecule has 0 radical (unpaired) electrons. The predicted octanol–water partition coefficient (Wildman–Crippen LogP) is 4.08. The zero-order chi connectivity index (χ0) is 22.0. The maximum Gasteiger partial charge on any atom is 0.435 e. The van der Waals surface area contributed by atoms with Crippen LogP contribution >= 0.6 is 0 Å². The number of carbonyl (C=O) groups is 1. The first kappa shape index (κ1) is 20.2. The highest BCUT2D eigenvalue weighted by atomic mass is 19.4. The molecular formula is C20H15F3N6O2. The van der Waals surface area contributed by atoms with Crippen LogP contribution in [0.5, 0.6) is 11.5 Å². The molecule has 2 N–H and O–H groups in total. The second-order valence-corrected chi connectivity index (χ2v) is 6.74. The predicted molar refractivity (Wildman–Crippen MR) is 102 cm³/mol. The molecule has 0 atom stereocenters. The number of aromatic nitrogens is 3. The highest BCUT2D eigenvalue weighted by Crippen LogP contribution is 2.34. The van der Waals surface area contributed by atoms with Gasteiger partial charge < -0.3 is 15.0 Å². The zero-order valence-electron chi connectivity index (χ0n) is 15.9. The van der Waals surface area contributed by atoms with Crippen LogP contribution in [0.2, 0.25) is 0 Å². The molecule has 2 aromatic heterocycles. The molecule has 1 aliphatic rings. The number of ether oxygens (including phenoxy) is 1. The third-order valence-corrected chi connectivity index (χ3v) is 4.68. The summed E-state index contributed by atoms with van der Waals surface area (Å²) >= 11 is 0. The van der Waals surface area contributed by atoms with Gasteiger partial charge in [0, 0.05) is 42.2 Å². The summed E-state index contributed by atoms with van der Waals surface area (Å²) in [6.07, 6.45) is -2.87. The summed E-state index contributed by atoms with van der Waals surface area (Å²) in [5, 5.41) is 17.3. The number of hydrogen-bond donors (Lipinski definition) is 2. The van der Waals surface area contributed by atoms with Crippen molar-refractivity contribution in [2.24, 2.45) is 0 Å². The molecular weight excluding hydrogens is 413 g/mol. The number of nitrogens with zero attached hydrogens (tertiary/aromatic N) is 4. The smallest absolute Gasteiger partial charge is 0.435 e. The van der Waals surface area contributed by atoms with E-state index in [4.69, 9.17) is 10.00 Å². The summed E-state index contributed by atoms with van der Waals surface area (Å²) in [4.78, 5) is 17.7. The SMILES string of the molecule is N#Cc1cc(Oc2ccc(NC(=O)N3CCc4[nH]nc(C(F)(F)F)c4C3)cc2)ccn1. The fraction of sp³-hybridized carbons (Fsp3) is 0.200. The molecule has 2 amide bonds. The third kappa shape index (κ3) is 4.42. The highest BCUT2D eigenvalue weighted by Gasteiger charge is 2.39. The summed E-state index contributed by atoms with van der Waals surface area (Å²) in [7, 11) is 0. The molecule has 3 aromatic rings. The summed E-state index contributed by atoms with van der Waals surface area (Å²) in [5.41, 5.74) is 0.0775. The largest absolute Gasteiger partial charge is 0.457 e. The summed E-state index contributed by atoms with van der Waals surface area (Å²) in [5.74, 6) is 0.914. The van der Waals surface area contributed by atoms with Gasteiger partial charge in [0.1, 0.15) is 23.3 Å². The average Bonchev–Trinajstić information content (AvgIpc) is 3.19. The van der Waals surface area contributed by atoms with Crippen LogP contribution in [0, 0.1) is 11.3 Å². The number of carbonyl (C=O) groups excluding carboxylic acids is 1. The molecule has 0 saturated carbocycles. The number of aromatic amines is 1. The Balaban J connectivity index is 1.40. The number of rotatable bonds is 3. The fourth-order valence-electron chi connectivity index (χ4n) is 3.18. The van der Waals surface area contributed by atoms with Gasteiger partial charge in [-0.05, 0) is 30.3 Å². The molecule has 31 heavy (non-hydrogen) atoms. The minimum absolute atomic E-state index is 0.00765. The number of benzene rings is 1. The van der Waals surface area contributed by atoms with Gasteiger partial charge in [0.25, 0.3) is 0 Å². The number of halogens is 3. The van der Waals surface area contributed by atoms with Gasteiger partial charge in [-0.2, -0.15) is 23.5 Å². The molecule has 0 unspecified atom stereocenters. The van der Waals surface area contributed by atoms with E-state index in [-0.39, 0.29) is 30.8 Å². The van der Waals surface area contributed by atoms with Crippen molar-refractivity contribution in [1.29, 1.82) is 5.26 Å². The molecule has 1 aliphatic heterocycles. The Morgan fingerprint density at radius 2 is 2.00 bits per heavy atom. The number of nitrogens with one attached hydrogen (secondary N) is 2. The van der Waals surface area contributed by atoms with Crippen molar-refractivity contribution in [3.63, 3.8) is 0 Å². The molecule has 4 rings (SSSR count). The number of alkyl halides is 3.